The van der Waals surface area contributed by atoms with Crippen molar-refractivity contribution in [1.29, 1.82) is 0 Å². The molecule has 0 aromatic heterocycles. The maximum absolute atomic E-state index is 14.2. The van der Waals surface area contributed by atoms with Crippen molar-refractivity contribution < 1.29 is 170 Å². The molecule has 0 saturated carbocycles. The Balaban J connectivity index is 0.000000222. The van der Waals surface area contributed by atoms with Gasteiger partial charge in [0.1, 0.15) is 28.9 Å². The van der Waals surface area contributed by atoms with Gasteiger partial charge < -0.3 is 47.4 Å². The highest BCUT2D eigenvalue weighted by Gasteiger charge is 2.45. The first-order valence-electron chi connectivity index (χ1n) is 72.9. The molecule has 5 aromatic rings. The number of ether oxygens (including phenoxy) is 10. The highest BCUT2D eigenvalue weighted by Crippen LogP contribution is 2.49. The topological polar surface area (TPSA) is 194 Å². The predicted molar refractivity (Wildman–Crippen MR) is 465 cm³/mol. The number of Topliss-reactive ketones (excluding diaryl/α,β-unsaturated/α-hetero) is 5. The molecule has 10 heterocycles. The van der Waals surface area contributed by atoms with E-state index in [1.165, 1.54) is 28.1 Å². The molecule has 5 aromatic carbocycles. The minimum atomic E-state index is -4.70. The highest BCUT2D eigenvalue weighted by molar-refractivity contribution is 5.86. The Morgan fingerprint density at radius 3 is 1.19 bits per heavy atom. The summed E-state index contributed by atoms with van der Waals surface area (Å²) < 4.78 is 645. The lowest BCUT2D eigenvalue weighted by Gasteiger charge is -2.43. The van der Waals surface area contributed by atoms with Gasteiger partial charge in [0, 0.05) is 223 Å². The number of piperidine rings is 5. The first kappa shape index (κ1) is 35.6. The fourth-order valence-corrected chi connectivity index (χ4v) is 14.2. The zero-order chi connectivity index (χ0) is 148. The lowest BCUT2D eigenvalue weighted by atomic mass is 9.79. The number of ketones is 5. The van der Waals surface area contributed by atoms with E-state index < -0.39 is 381 Å². The second-order valence-electron chi connectivity index (χ2n) is 28.2. The van der Waals surface area contributed by atoms with Gasteiger partial charge in [-0.25, -0.2) is 0 Å². The Morgan fingerprint density at radius 1 is 0.407 bits per heavy atom. The lowest BCUT2D eigenvalue weighted by molar-refractivity contribution is -0.130. The van der Waals surface area contributed by atoms with Crippen LogP contribution in [0, 0.1) is 59.1 Å². The molecule has 13 atom stereocenters. The van der Waals surface area contributed by atoms with Crippen molar-refractivity contribution in [2.24, 2.45) is 59.1 Å². The van der Waals surface area contributed by atoms with Crippen LogP contribution in [0.3, 0.4) is 0 Å². The number of carbonyl (C=O) groups excluding carboxylic acids is 5. The molecule has 648 valence electrons. The van der Waals surface area contributed by atoms with Crippen LogP contribution < -0.4 is 47.4 Å². The molecule has 10 aliphatic rings. The first-order chi connectivity index (χ1) is 84.3. The zero-order valence-electron chi connectivity index (χ0n) is 138. The van der Waals surface area contributed by atoms with Gasteiger partial charge in [0.05, 0.1) is 104 Å². The molecule has 5 saturated heterocycles. The Bertz CT molecular complexity index is 7700. The van der Waals surface area contributed by atoms with Crippen LogP contribution in [0.15, 0.2) is 60.5 Å². The number of hydrogen-bond donors (Lipinski definition) is 0. The van der Waals surface area contributed by atoms with E-state index in [-0.39, 0.29) is 52.0 Å². The van der Waals surface area contributed by atoms with Crippen LogP contribution in [0.1, 0.15) is 337 Å². The van der Waals surface area contributed by atoms with E-state index in [0.717, 1.165) is 70.9 Å². The molecule has 118 heavy (non-hydrogen) atoms. The van der Waals surface area contributed by atoms with Crippen molar-refractivity contribution in [3.8, 4) is 57.5 Å². The van der Waals surface area contributed by atoms with Crippen molar-refractivity contribution in [2.45, 2.75) is 214 Å². The van der Waals surface area contributed by atoms with Gasteiger partial charge in [0.15, 0.2) is 57.5 Å². The van der Waals surface area contributed by atoms with E-state index in [0.29, 0.717) is 56.2 Å². The van der Waals surface area contributed by atoms with Gasteiger partial charge >= 0.3 is 0 Å². The molecule has 10 aliphatic heterocycles. The molecule has 13 unspecified atom stereocenters. The smallest absolute Gasteiger partial charge is 0.161 e. The molecule has 0 N–H and O–H groups in total. The van der Waals surface area contributed by atoms with Crippen molar-refractivity contribution in [3.63, 3.8) is 0 Å². The first-order valence-corrected chi connectivity index (χ1v) is 36.9. The number of rotatable bonds is 23. The van der Waals surface area contributed by atoms with Gasteiger partial charge in [-0.15, -0.1) is 0 Å². The van der Waals surface area contributed by atoms with Crippen LogP contribution in [0.2, 0.25) is 0 Å². The number of benzene rings is 5. The van der Waals surface area contributed by atoms with Crippen LogP contribution in [0.25, 0.3) is 0 Å². The van der Waals surface area contributed by atoms with Crippen molar-refractivity contribution in [3.05, 3.63) is 116 Å². The minimum Gasteiger partial charge on any atom is -0.493 e. The SMILES string of the molecule is [2H]C([2H])([2H])Oc1cc2c(cc1OC)C1CC(=O)C(C([2H])([2H])C([2H])(C([2H])([2H])[2H])C([2H])([2H])C)CN1CC2.[2H]C([2H])([2H])Oc1cc2c(cc1OC)C1CC(=O)C(CC(C)C)CN1CC2.[2H]c1c(OC([2H])([2H])[2H])c(OC)c([2H])c2c1C1([2H])CC(=O)C(C([2H])([2H])C([2H])(C([2H])([2H])[2H])C([2H])([2H])C)C([2H])([2H])N1C([2H])([2H])C2([2H])[2H].[2H]c1c(OC)c(OC([2H])([2H])[2H])c([2H])c2c1C([2H])([2H])C([2H])([2H])N1C([2H])([2H])C([2H])(C([2H])([2H])C([2H])(C([2H])([2H])[2H])C([2H])([2H])C)C(=O)C([2H])([2H])C21[2H].[2H]c1c(OC)c(OC([2H])([2H])[2H])c([2H])c2c1C([2H])([2H])C([2H])([2H])N1C([2H])([2H])C([2H])(CC(C)C)C(=O)C([2H])([2H])C21[2H]. The number of methoxy groups -OCH3 is 10. The molecule has 0 bridgehead atoms. The van der Waals surface area contributed by atoms with Crippen LogP contribution in [0.5, 0.6) is 57.5 Å². The second-order valence-corrected chi connectivity index (χ2v) is 28.2. The van der Waals surface area contributed by atoms with Crippen molar-refractivity contribution in [1.82, 2.24) is 24.5 Å². The summed E-state index contributed by atoms with van der Waals surface area (Å²) in [6.45, 7) is -24.1. The molecule has 20 heteroatoms. The summed E-state index contributed by atoms with van der Waals surface area (Å²) >= 11 is 0. The van der Waals surface area contributed by atoms with Crippen molar-refractivity contribution >= 4 is 28.9 Å². The largest absolute Gasteiger partial charge is 0.493 e. The Kier molecular flexibility index (Phi) is 12.6. The summed E-state index contributed by atoms with van der Waals surface area (Å²) in [7, 11) is -9.75. The van der Waals surface area contributed by atoms with Crippen molar-refractivity contribution in [2.75, 3.05) is 136 Å². The molecule has 20 nitrogen and oxygen atoms in total. The summed E-state index contributed by atoms with van der Waals surface area (Å²) in [6.07, 6.45) is -39.9. The number of nitrogens with zero attached hydrogens (tertiary/aromatic N) is 5. The summed E-state index contributed by atoms with van der Waals surface area (Å²) in [6, 6.07) is -12.0. The van der Waals surface area contributed by atoms with Gasteiger partial charge in [0.25, 0.3) is 0 Å². The molecule has 5 fully saturated rings. The monoisotopic (exact) mass is 1700 g/mol. The van der Waals surface area contributed by atoms with Gasteiger partial charge in [-0.2, -0.15) is 0 Å². The second kappa shape index (κ2) is 41.7. The maximum Gasteiger partial charge on any atom is 0.161 e. The maximum atomic E-state index is 14.2. The third kappa shape index (κ3) is 21.0. The lowest BCUT2D eigenvalue weighted by Crippen LogP contribution is -2.46. The number of hydrogen-bond acceptors (Lipinski definition) is 20. The average Bonchev–Trinajstić information content (AvgIpc) is 0.632. The van der Waals surface area contributed by atoms with E-state index in [2.05, 4.69) is 18.7 Å². The zero-order valence-corrected chi connectivity index (χ0v) is 66.5. The quantitative estimate of drug-likeness (QED) is 0.0598. The van der Waals surface area contributed by atoms with Crippen LogP contribution >= 0.6 is 0 Å². The highest BCUT2D eigenvalue weighted by atomic mass is 16.5. The van der Waals surface area contributed by atoms with Gasteiger partial charge in [-0.1, -0.05) is 88.1 Å². The Hall–Kier alpha value is -7.75. The molecule has 15 rings (SSSR count). The molecule has 0 amide bonds. The van der Waals surface area contributed by atoms with E-state index in [4.69, 9.17) is 142 Å². The standard InChI is InChI=1S/3C20H29NO3.2C19H27NO3/c3*1-5-13(2)8-15-12-21-7-6-14-9-19(23-3)20(24-4)10-16(14)17(21)11-18(15)22;2*1-12(2)7-14-11-20-6-5-13-8-18(22-3)19(23-4)9-15(13)16(20)10-17(14)21/h3*9-10,13,15,17H,5-8,11-12H2,1-4H3;2*8-9,12,14,16H,5-7,10-11H2,1-4H3/i2D3,4D3,5D2,6D2,7D2,8D2,9D,10D,11D2,12D2,13D,15D,17D;2D3,4D3,5D2,6D2,7D2,8D2,9D,10D,12D2,13D,17D;2D3,3D3,5D2,8D2,13D;4D3,5D2,6D2,8D,9D,10D2,11D2,14D,16D;3D3. The molecule has 0 radical (unpaired) electrons. The fourth-order valence-electron chi connectivity index (χ4n) is 14.2. The number of fused-ring (bicyclic) bond motifs is 15. The summed E-state index contributed by atoms with van der Waals surface area (Å²) in [5.41, 5.74) is -3.85. The normalized spacial score (nSPS) is 43.8. The van der Waals surface area contributed by atoms with E-state index >= 15 is 0 Å². The minimum absolute atomic E-state index is 0.0397. The van der Waals surface area contributed by atoms with Gasteiger partial charge in [0.2, 0.25) is 0 Å². The van der Waals surface area contributed by atoms with Gasteiger partial charge in [-0.3, -0.25) is 48.5 Å². The van der Waals surface area contributed by atoms with E-state index in [9.17, 15) is 28.1 Å². The predicted octanol–water partition coefficient (Wildman–Crippen LogP) is 17.4. The molecular formula is C98H141N5O15. The van der Waals surface area contributed by atoms with Crippen LogP contribution in [-0.2, 0) is 55.9 Å². The third-order valence-corrected chi connectivity index (χ3v) is 19.9. The summed E-state index contributed by atoms with van der Waals surface area (Å²) in [5.74, 6) is -35.1. The van der Waals surface area contributed by atoms with Crippen LogP contribution in [-0.4, -0.2) is 189 Å². The Labute approximate surface area is 806 Å². The average molecular weight is 1700 g/mol. The third-order valence-electron chi connectivity index (χ3n) is 19.9. The van der Waals surface area contributed by atoms with E-state index in [1.807, 2.05) is 11.0 Å². The van der Waals surface area contributed by atoms with E-state index in [1.54, 1.807) is 18.2 Å². The van der Waals surface area contributed by atoms with Gasteiger partial charge in [-0.05, 0) is 210 Å². The Morgan fingerprint density at radius 2 is 0.771 bits per heavy atom. The summed E-state index contributed by atoms with van der Waals surface area (Å²) in [4.78, 5) is 70.4. The molecular weight excluding hydrogens is 1490 g/mol. The number of carbonyl (C=O) groups is 5. The fraction of sp³-hybridized carbons (Fsp3) is 0.643. The summed E-state index contributed by atoms with van der Waals surface area (Å²) in [5, 5.41) is 0. The molecule has 0 aliphatic carbocycles. The van der Waals surface area contributed by atoms with Crippen LogP contribution in [0.4, 0.5) is 0 Å². The molecule has 0 spiro atoms.